The fraction of sp³-hybridized carbons (Fsp3) is 0.0909. The van der Waals surface area contributed by atoms with E-state index in [9.17, 15) is 19.2 Å². The Balaban J connectivity index is 0.000000240. The van der Waals surface area contributed by atoms with Crippen molar-refractivity contribution in [3.8, 4) is 45.3 Å². The summed E-state index contributed by atoms with van der Waals surface area (Å²) in [5, 5.41) is 32.5. The lowest BCUT2D eigenvalue weighted by atomic mass is 9.68. The maximum Gasteiger partial charge on any atom is 0.330 e. The van der Waals surface area contributed by atoms with Gasteiger partial charge in [0, 0.05) is 24.3 Å². The van der Waals surface area contributed by atoms with Gasteiger partial charge in [-0.2, -0.15) is 0 Å². The second-order valence-corrected chi connectivity index (χ2v) is 16.6. The predicted molar refractivity (Wildman–Crippen MR) is 304 cm³/mol. The Morgan fingerprint density at radius 1 is 0.397 bits per heavy atom. The fourth-order valence-corrected chi connectivity index (χ4v) is 8.28. The first-order valence-electron chi connectivity index (χ1n) is 24.5. The summed E-state index contributed by atoms with van der Waals surface area (Å²) in [4.78, 5) is 41.1. The number of ether oxygens (including phenoxy) is 4. The number of carboxylic acid groups (broad SMARTS) is 2. The molecule has 0 atom stereocenters. The third-order valence-corrected chi connectivity index (χ3v) is 11.6. The fourth-order valence-electron chi connectivity index (χ4n) is 8.28. The molecule has 0 fully saturated rings. The van der Waals surface area contributed by atoms with E-state index >= 15 is 0 Å². The number of rotatable bonds is 14. The molecule has 0 saturated carbocycles. The molecule has 0 aromatic heterocycles. The highest BCUT2D eigenvalue weighted by molar-refractivity contribution is 5.86. The average molecular weight is 1050 g/mol. The van der Waals surface area contributed by atoms with E-state index < -0.39 is 29.3 Å². The van der Waals surface area contributed by atoms with Crippen LogP contribution in [0.5, 0.6) is 23.0 Å². The number of phenols is 2. The van der Waals surface area contributed by atoms with Gasteiger partial charge in [-0.1, -0.05) is 184 Å². The summed E-state index contributed by atoms with van der Waals surface area (Å²) in [7, 11) is 0. The van der Waals surface area contributed by atoms with Crippen LogP contribution in [0.15, 0.2) is 257 Å². The van der Waals surface area contributed by atoms with Crippen molar-refractivity contribution in [1.29, 1.82) is 0 Å². The molecule has 0 spiro atoms. The van der Waals surface area contributed by atoms with Crippen LogP contribution in [0.3, 0.4) is 0 Å². The largest absolute Gasteiger partial charge is 0.508 e. The van der Waals surface area contributed by atoms with E-state index in [1.165, 1.54) is 44.5 Å². The summed E-state index contributed by atoms with van der Waals surface area (Å²) >= 11 is 0. The highest BCUT2D eigenvalue weighted by atomic mass is 16.6. The summed E-state index contributed by atoms with van der Waals surface area (Å²) < 4.78 is 21.6. The summed E-state index contributed by atoms with van der Waals surface area (Å²) in [6.07, 6.45) is 5.03. The zero-order valence-electron chi connectivity index (χ0n) is 42.9. The third kappa shape index (κ3) is 16.9. The van der Waals surface area contributed by atoms with Crippen LogP contribution >= 0.6 is 0 Å². The molecule has 78 heavy (non-hydrogen) atoms. The molecule has 0 aliphatic heterocycles. The van der Waals surface area contributed by atoms with Crippen molar-refractivity contribution in [2.75, 3.05) is 26.4 Å². The average Bonchev–Trinajstić information content (AvgIpc) is 4.11. The Kier molecular flexibility index (Phi) is 23.2. The number of esters is 2. The maximum absolute atomic E-state index is 11.3. The Morgan fingerprint density at radius 2 is 0.705 bits per heavy atom. The minimum absolute atomic E-state index is 0.141. The lowest BCUT2D eigenvalue weighted by Gasteiger charge is -2.34. The van der Waals surface area contributed by atoms with Crippen LogP contribution in [0.1, 0.15) is 33.4 Å². The number of phenolic OH excluding ortho intramolecular Hbond substituents is 2. The number of benzene rings is 8. The smallest absolute Gasteiger partial charge is 0.330 e. The van der Waals surface area contributed by atoms with E-state index in [4.69, 9.17) is 39.4 Å². The molecule has 10 rings (SSSR count). The summed E-state index contributed by atoms with van der Waals surface area (Å²) in [6.45, 7) is 13.5. The van der Waals surface area contributed by atoms with Gasteiger partial charge in [0.05, 0.1) is 5.41 Å². The first-order valence-corrected chi connectivity index (χ1v) is 24.5. The number of aromatic hydroxyl groups is 2. The number of carboxylic acids is 2. The SMILES string of the molecule is C=CC(=O)O.C=CC(=O)O.C=CC(=O)OCCOc1ccc(C2(c3ccc(OCCOC(=O)C=C)cc3)c3ccccc3-c3ccccc32)cc1.Oc1ccccc1.Oc1ccccc1.c1ccc2c(c1)Cc1ccccc1-2. The zero-order valence-corrected chi connectivity index (χ0v) is 42.9. The van der Waals surface area contributed by atoms with Crippen LogP contribution in [-0.2, 0) is 40.5 Å². The van der Waals surface area contributed by atoms with Crippen LogP contribution in [0.4, 0.5) is 0 Å². The number of para-hydroxylation sites is 2. The van der Waals surface area contributed by atoms with Crippen molar-refractivity contribution in [3.63, 3.8) is 0 Å². The molecule has 8 aromatic rings. The minimum atomic E-state index is -0.981. The van der Waals surface area contributed by atoms with Crippen molar-refractivity contribution in [2.45, 2.75) is 11.8 Å². The van der Waals surface area contributed by atoms with Gasteiger partial charge < -0.3 is 39.4 Å². The molecule has 0 amide bonds. The van der Waals surface area contributed by atoms with Gasteiger partial charge >= 0.3 is 23.9 Å². The van der Waals surface area contributed by atoms with Gasteiger partial charge in [0.25, 0.3) is 0 Å². The van der Waals surface area contributed by atoms with Gasteiger partial charge in [-0.3, -0.25) is 0 Å². The molecular formula is C66H60O12. The molecule has 8 aromatic carbocycles. The van der Waals surface area contributed by atoms with Gasteiger partial charge in [-0.25, -0.2) is 19.2 Å². The molecule has 0 unspecified atom stereocenters. The van der Waals surface area contributed by atoms with Crippen molar-refractivity contribution in [1.82, 2.24) is 0 Å². The van der Waals surface area contributed by atoms with E-state index in [1.807, 2.05) is 36.4 Å². The summed E-state index contributed by atoms with van der Waals surface area (Å²) in [5.41, 5.74) is 12.1. The monoisotopic (exact) mass is 1040 g/mol. The van der Waals surface area contributed by atoms with E-state index in [2.05, 4.69) is 148 Å². The molecule has 2 aliphatic carbocycles. The van der Waals surface area contributed by atoms with Crippen molar-refractivity contribution < 1.29 is 58.6 Å². The molecule has 2 aliphatic rings. The van der Waals surface area contributed by atoms with Gasteiger partial charge in [0.1, 0.15) is 49.4 Å². The van der Waals surface area contributed by atoms with E-state index in [1.54, 1.807) is 48.5 Å². The summed E-state index contributed by atoms with van der Waals surface area (Å²) in [5.74, 6) is -0.910. The molecule has 0 heterocycles. The topological polar surface area (TPSA) is 186 Å². The number of carbonyl (C=O) groups excluding carboxylic acids is 2. The van der Waals surface area contributed by atoms with E-state index in [0.29, 0.717) is 23.0 Å². The van der Waals surface area contributed by atoms with E-state index in [0.717, 1.165) is 41.9 Å². The maximum atomic E-state index is 11.3. The predicted octanol–water partition coefficient (Wildman–Crippen LogP) is 12.8. The third-order valence-electron chi connectivity index (χ3n) is 11.6. The van der Waals surface area contributed by atoms with Crippen LogP contribution in [0.2, 0.25) is 0 Å². The highest BCUT2D eigenvalue weighted by Crippen LogP contribution is 2.56. The van der Waals surface area contributed by atoms with Crippen LogP contribution in [-0.4, -0.2) is 70.7 Å². The summed E-state index contributed by atoms with van der Waals surface area (Å²) in [6, 6.07) is 67.8. The first-order chi connectivity index (χ1) is 37.8. The van der Waals surface area contributed by atoms with Crippen molar-refractivity contribution >= 4 is 23.9 Å². The van der Waals surface area contributed by atoms with Gasteiger partial charge in [0.2, 0.25) is 0 Å². The first kappa shape index (κ1) is 58.7. The van der Waals surface area contributed by atoms with Crippen LogP contribution in [0.25, 0.3) is 22.3 Å². The number of hydrogen-bond donors (Lipinski definition) is 4. The quantitative estimate of drug-likeness (QED) is 0.0459. The highest BCUT2D eigenvalue weighted by Gasteiger charge is 2.45. The Bertz CT molecular complexity index is 3020. The molecule has 0 bridgehead atoms. The molecule has 12 heteroatoms. The Labute approximate surface area is 454 Å². The standard InChI is InChI=1S/C35H30O6.C13H10.2C6H6O.2C3H4O2/c1-3-33(36)40-23-21-38-27-17-13-25(14-18-27)35(26-15-19-28(20-16-26)39-22-24-41-34(37)4-2)31-11-7-5-9-29(31)30-10-6-8-12-32(30)35;1-3-7-12-10(5-1)9-11-6-2-4-8-13(11)12;2*7-6-4-2-1-3-5-6;2*1-2-3(4)5/h3-20H,1-2,21-24H2;1-8H,9H2;2*1-5,7H;2*2H,1H2,(H,4,5). The molecule has 0 saturated heterocycles. The van der Waals surface area contributed by atoms with Crippen LogP contribution < -0.4 is 9.47 Å². The number of aliphatic carboxylic acids is 2. The number of hydrogen-bond acceptors (Lipinski definition) is 10. The Morgan fingerprint density at radius 3 is 1.01 bits per heavy atom. The molecular weight excluding hydrogens is 985 g/mol. The van der Waals surface area contributed by atoms with Crippen molar-refractivity contribution in [2.24, 2.45) is 0 Å². The van der Waals surface area contributed by atoms with E-state index in [-0.39, 0.29) is 26.4 Å². The second-order valence-electron chi connectivity index (χ2n) is 16.6. The molecule has 0 radical (unpaired) electrons. The van der Waals surface area contributed by atoms with Crippen molar-refractivity contribution in [3.05, 3.63) is 290 Å². The van der Waals surface area contributed by atoms with Crippen LogP contribution in [0, 0.1) is 0 Å². The molecule has 4 N–H and O–H groups in total. The second kappa shape index (κ2) is 30.9. The Hall–Kier alpha value is -10.2. The van der Waals surface area contributed by atoms with Gasteiger partial charge in [-0.05, 0) is 111 Å². The van der Waals surface area contributed by atoms with Gasteiger partial charge in [0.15, 0.2) is 0 Å². The minimum Gasteiger partial charge on any atom is -0.508 e. The zero-order chi connectivity index (χ0) is 56.1. The number of carbonyl (C=O) groups is 4. The molecule has 396 valence electrons. The lowest BCUT2D eigenvalue weighted by molar-refractivity contribution is -0.139. The number of fused-ring (bicyclic) bond motifs is 6. The lowest BCUT2D eigenvalue weighted by Crippen LogP contribution is -2.28. The molecule has 12 nitrogen and oxygen atoms in total. The van der Waals surface area contributed by atoms with Gasteiger partial charge in [-0.15, -0.1) is 0 Å². The normalized spacial score (nSPS) is 10.9.